The predicted molar refractivity (Wildman–Crippen MR) is 247 cm³/mol. The molecule has 0 fully saturated rings. The van der Waals surface area contributed by atoms with Gasteiger partial charge in [0.2, 0.25) is 0 Å². The number of hydrogen-bond donors (Lipinski definition) is 0. The van der Waals surface area contributed by atoms with E-state index in [-0.39, 0.29) is 0 Å². The van der Waals surface area contributed by atoms with Crippen LogP contribution >= 0.6 is 0 Å². The molecule has 6 nitrogen and oxygen atoms in total. The first kappa shape index (κ1) is 36.4. The molecule has 2 heterocycles. The third-order valence-corrected chi connectivity index (χ3v) is 12.2. The molecule has 6 heteroatoms. The molecule has 0 amide bonds. The molecule has 0 aliphatic heterocycles. The second-order valence-electron chi connectivity index (χ2n) is 15.9. The van der Waals surface area contributed by atoms with Crippen LogP contribution in [-0.4, -0.2) is 9.97 Å². The minimum absolute atomic E-state index is 0.581. The normalized spacial score (nSPS) is 12.7. The lowest BCUT2D eigenvalue weighted by molar-refractivity contribution is 0.558. The lowest BCUT2D eigenvalue weighted by atomic mass is 9.67. The number of oxazole rings is 2. The lowest BCUT2D eigenvalue weighted by Crippen LogP contribution is -2.29. The third kappa shape index (κ3) is 5.56. The van der Waals surface area contributed by atoms with Gasteiger partial charge >= 0.3 is 0 Å². The maximum atomic E-state index is 6.90. The zero-order valence-electron chi connectivity index (χ0n) is 34.4. The summed E-state index contributed by atoms with van der Waals surface area (Å²) in [6, 6.07) is 64.6. The number of aryl methyl sites for hydroxylation is 4. The molecule has 1 aliphatic carbocycles. The van der Waals surface area contributed by atoms with Crippen LogP contribution in [0.25, 0.3) is 33.3 Å². The van der Waals surface area contributed by atoms with E-state index in [2.05, 4.69) is 206 Å². The van der Waals surface area contributed by atoms with Gasteiger partial charge < -0.3 is 18.6 Å². The number of hydrogen-bond acceptors (Lipinski definition) is 6. The van der Waals surface area contributed by atoms with Crippen molar-refractivity contribution in [3.05, 3.63) is 227 Å². The summed E-state index contributed by atoms with van der Waals surface area (Å²) in [5, 5.41) is 0. The first-order valence-corrected chi connectivity index (χ1v) is 20.8. The first-order chi connectivity index (χ1) is 29.9. The Morgan fingerprint density at radius 3 is 1.11 bits per heavy atom. The van der Waals surface area contributed by atoms with E-state index < -0.39 is 5.41 Å². The number of nitrogens with zero attached hydrogens (tertiary/aromatic N) is 4. The van der Waals surface area contributed by atoms with Crippen LogP contribution in [0.3, 0.4) is 0 Å². The Bertz CT molecular complexity index is 3030. The maximum absolute atomic E-state index is 6.90. The van der Waals surface area contributed by atoms with E-state index >= 15 is 0 Å². The predicted octanol–water partition coefficient (Wildman–Crippen LogP) is 14.5. The van der Waals surface area contributed by atoms with E-state index in [0.29, 0.717) is 22.9 Å². The molecular weight excluding hydrogens is 749 g/mol. The van der Waals surface area contributed by atoms with E-state index in [1.54, 1.807) is 0 Å². The number of fused-ring (bicyclic) bond motifs is 7. The van der Waals surface area contributed by atoms with Crippen molar-refractivity contribution in [2.24, 2.45) is 0 Å². The van der Waals surface area contributed by atoms with Gasteiger partial charge in [0.25, 0.3) is 0 Å². The standard InChI is InChI=1S/C55H42N4O2/c1-35-21-17-19-31-45(35)58(41-27-13-7-14-28-41)47-33-43-49(53-51(47)56-37(3)60-53)50-44(55(43,39-23-9-5-10-24-39)40-25-11-6-12-26-40)34-48(52-54(50)61-38(4)57-52)59(42-29-15-8-16-30-42)46-32-20-18-22-36(46)2/h5-34H,1-4H3. The number of anilines is 6. The molecule has 0 radical (unpaired) electrons. The van der Waals surface area contributed by atoms with Crippen LogP contribution in [0, 0.1) is 27.7 Å². The molecule has 0 N–H and O–H groups in total. The van der Waals surface area contributed by atoms with E-state index in [1.165, 1.54) is 0 Å². The molecule has 61 heavy (non-hydrogen) atoms. The van der Waals surface area contributed by atoms with Crippen molar-refractivity contribution in [3.63, 3.8) is 0 Å². The molecule has 0 saturated heterocycles. The summed E-state index contributed by atoms with van der Waals surface area (Å²) in [5.41, 5.74) is 16.7. The number of aromatic nitrogens is 2. The van der Waals surface area contributed by atoms with Crippen LogP contribution in [0.1, 0.15) is 45.2 Å². The summed E-state index contributed by atoms with van der Waals surface area (Å²) in [7, 11) is 0. The van der Waals surface area contributed by atoms with Crippen molar-refractivity contribution in [3.8, 4) is 11.1 Å². The molecule has 11 rings (SSSR count). The van der Waals surface area contributed by atoms with Crippen LogP contribution in [0.4, 0.5) is 34.1 Å². The van der Waals surface area contributed by atoms with Crippen molar-refractivity contribution < 1.29 is 8.83 Å². The summed E-state index contributed by atoms with van der Waals surface area (Å²) >= 11 is 0. The van der Waals surface area contributed by atoms with Gasteiger partial charge in [0.15, 0.2) is 22.9 Å². The Kier molecular flexibility index (Phi) is 8.50. The van der Waals surface area contributed by atoms with E-state index in [0.717, 1.165) is 89.7 Å². The van der Waals surface area contributed by atoms with Crippen molar-refractivity contribution in [1.82, 2.24) is 9.97 Å². The lowest BCUT2D eigenvalue weighted by Gasteiger charge is -2.36. The molecule has 10 aromatic rings. The minimum Gasteiger partial charge on any atom is -0.440 e. The Balaban J connectivity index is 1.34. The second kappa shape index (κ2) is 14.2. The number of rotatable bonds is 8. The van der Waals surface area contributed by atoms with Gasteiger partial charge in [0.1, 0.15) is 11.0 Å². The number of para-hydroxylation sites is 4. The average molecular weight is 791 g/mol. The third-order valence-electron chi connectivity index (χ3n) is 12.2. The minimum atomic E-state index is -0.845. The SMILES string of the molecule is Cc1nc2c(N(c3ccccc3)c3ccccc3C)cc3c(c2o1)-c1c(cc(N(c2ccccc2)c2ccccc2C)c2nc(C)oc12)C3(c1ccccc1)c1ccccc1. The topological polar surface area (TPSA) is 58.5 Å². The van der Waals surface area contributed by atoms with E-state index in [9.17, 15) is 0 Å². The van der Waals surface area contributed by atoms with Crippen LogP contribution in [0.2, 0.25) is 0 Å². The monoisotopic (exact) mass is 790 g/mol. The highest BCUT2D eigenvalue weighted by Crippen LogP contribution is 2.63. The van der Waals surface area contributed by atoms with Gasteiger partial charge in [-0.2, -0.15) is 0 Å². The van der Waals surface area contributed by atoms with Gasteiger partial charge in [-0.1, -0.05) is 133 Å². The summed E-state index contributed by atoms with van der Waals surface area (Å²) in [4.78, 5) is 15.1. The molecule has 2 aromatic heterocycles. The first-order valence-electron chi connectivity index (χ1n) is 20.8. The zero-order chi connectivity index (χ0) is 41.2. The maximum Gasteiger partial charge on any atom is 0.192 e. The van der Waals surface area contributed by atoms with Crippen LogP contribution in [-0.2, 0) is 5.41 Å². The molecular formula is C55H42N4O2. The Morgan fingerprint density at radius 2 is 0.738 bits per heavy atom. The highest BCUT2D eigenvalue weighted by Gasteiger charge is 2.50. The highest BCUT2D eigenvalue weighted by molar-refractivity contribution is 6.14. The fourth-order valence-corrected chi connectivity index (χ4v) is 9.68. The van der Waals surface area contributed by atoms with Crippen molar-refractivity contribution in [1.29, 1.82) is 0 Å². The summed E-state index contributed by atoms with van der Waals surface area (Å²) < 4.78 is 13.8. The van der Waals surface area contributed by atoms with Crippen molar-refractivity contribution in [2.75, 3.05) is 9.80 Å². The quantitative estimate of drug-likeness (QED) is 0.153. The Morgan fingerprint density at radius 1 is 0.393 bits per heavy atom. The Hall–Kier alpha value is -7.70. The largest absolute Gasteiger partial charge is 0.440 e. The summed E-state index contributed by atoms with van der Waals surface area (Å²) in [6.07, 6.45) is 0. The van der Waals surface area contributed by atoms with Crippen LogP contribution < -0.4 is 9.80 Å². The van der Waals surface area contributed by atoms with Gasteiger partial charge in [-0.25, -0.2) is 9.97 Å². The summed E-state index contributed by atoms with van der Waals surface area (Å²) in [5.74, 6) is 1.16. The van der Waals surface area contributed by atoms with Crippen LogP contribution in [0.5, 0.6) is 0 Å². The molecule has 0 saturated carbocycles. The zero-order valence-corrected chi connectivity index (χ0v) is 34.4. The van der Waals surface area contributed by atoms with E-state index in [1.807, 2.05) is 13.8 Å². The van der Waals surface area contributed by atoms with E-state index in [4.69, 9.17) is 18.8 Å². The molecule has 1 aliphatic rings. The molecule has 0 bridgehead atoms. The van der Waals surface area contributed by atoms with Crippen molar-refractivity contribution >= 4 is 56.3 Å². The Labute approximate surface area is 355 Å². The van der Waals surface area contributed by atoms with Gasteiger partial charge in [-0.15, -0.1) is 0 Å². The summed E-state index contributed by atoms with van der Waals surface area (Å²) in [6.45, 7) is 8.20. The smallest absolute Gasteiger partial charge is 0.192 e. The van der Waals surface area contributed by atoms with Gasteiger partial charge in [0, 0.05) is 47.7 Å². The van der Waals surface area contributed by atoms with Crippen molar-refractivity contribution in [2.45, 2.75) is 33.1 Å². The van der Waals surface area contributed by atoms with Gasteiger partial charge in [-0.05, 0) is 95.8 Å². The van der Waals surface area contributed by atoms with Gasteiger partial charge in [-0.3, -0.25) is 0 Å². The average Bonchev–Trinajstić information content (AvgIpc) is 3.97. The second-order valence-corrected chi connectivity index (χ2v) is 15.9. The highest BCUT2D eigenvalue weighted by atomic mass is 16.4. The van der Waals surface area contributed by atoms with Crippen LogP contribution in [0.15, 0.2) is 191 Å². The fraction of sp³-hybridized carbons (Fsp3) is 0.0909. The molecule has 8 aromatic carbocycles. The molecule has 0 unspecified atom stereocenters. The fourth-order valence-electron chi connectivity index (χ4n) is 9.68. The molecule has 0 spiro atoms. The molecule has 294 valence electrons. The molecule has 0 atom stereocenters. The van der Waals surface area contributed by atoms with Gasteiger partial charge in [0.05, 0.1) is 16.8 Å². The number of benzene rings is 8.